The van der Waals surface area contributed by atoms with Crippen LogP contribution in [0.3, 0.4) is 0 Å². The van der Waals surface area contributed by atoms with Crippen LogP contribution in [0.2, 0.25) is 0 Å². The highest BCUT2D eigenvalue weighted by atomic mass is 16.6. The molecular weight excluding hydrogens is 342 g/mol. The summed E-state index contributed by atoms with van der Waals surface area (Å²) in [6.45, 7) is 0.122. The Labute approximate surface area is 165 Å². The lowest BCUT2D eigenvalue weighted by Gasteiger charge is -2.01. The summed E-state index contributed by atoms with van der Waals surface area (Å²) >= 11 is 0. The van der Waals surface area contributed by atoms with Gasteiger partial charge in [0.25, 0.3) is 0 Å². The van der Waals surface area contributed by atoms with Crippen molar-refractivity contribution in [3.63, 3.8) is 0 Å². The van der Waals surface area contributed by atoms with Gasteiger partial charge in [0.15, 0.2) is 0 Å². The van der Waals surface area contributed by atoms with E-state index in [9.17, 15) is 14.9 Å². The van der Waals surface area contributed by atoms with Crippen LogP contribution in [0, 0.1) is 10.1 Å². The van der Waals surface area contributed by atoms with Gasteiger partial charge in [-0.2, -0.15) is 0 Å². The first kappa shape index (κ1) is 25.6. The molecule has 0 heterocycles. The van der Waals surface area contributed by atoms with E-state index in [0.29, 0.717) is 6.42 Å². The highest BCUT2D eigenvalue weighted by molar-refractivity contribution is 5.66. The van der Waals surface area contributed by atoms with Crippen molar-refractivity contribution >= 4 is 5.97 Å². The van der Waals surface area contributed by atoms with E-state index < -0.39 is 5.97 Å². The average molecular weight is 384 g/mol. The van der Waals surface area contributed by atoms with Gasteiger partial charge in [-0.1, -0.05) is 76.4 Å². The van der Waals surface area contributed by atoms with E-state index in [4.69, 9.17) is 5.11 Å². The molecule has 5 heteroatoms. The maximum Gasteiger partial charge on any atom is 0.303 e. The summed E-state index contributed by atoms with van der Waals surface area (Å²) in [5.74, 6) is -0.675. The van der Waals surface area contributed by atoms with Gasteiger partial charge in [0.1, 0.15) is 0 Å². The van der Waals surface area contributed by atoms with Gasteiger partial charge in [0, 0.05) is 17.8 Å². The van der Waals surface area contributed by atoms with Gasteiger partial charge < -0.3 is 5.11 Å². The van der Waals surface area contributed by atoms with E-state index in [1.54, 1.807) is 0 Å². The SMILES string of the molecule is O=C(O)CCCCCCCCCCCC=CCCCCCCCC[N+](=O)[O-]. The van der Waals surface area contributed by atoms with Crippen molar-refractivity contribution in [2.75, 3.05) is 6.54 Å². The number of carboxylic acid groups (broad SMARTS) is 1. The summed E-state index contributed by atoms with van der Waals surface area (Å²) in [6.07, 6.45) is 24.6. The summed E-state index contributed by atoms with van der Waals surface area (Å²) < 4.78 is 0. The Bertz CT molecular complexity index is 383. The lowest BCUT2D eigenvalue weighted by molar-refractivity contribution is -0.480. The monoisotopic (exact) mass is 383 g/mol. The van der Waals surface area contributed by atoms with Crippen LogP contribution >= 0.6 is 0 Å². The van der Waals surface area contributed by atoms with Crippen molar-refractivity contribution in [1.82, 2.24) is 0 Å². The molecule has 0 aromatic rings. The smallest absolute Gasteiger partial charge is 0.303 e. The standard InChI is InChI=1S/C22H41NO4/c24-22(25)20-18-16-14-12-10-8-6-4-2-1-3-5-7-9-11-13-15-17-19-21-23(26)27/h3,5H,1-2,4,6-21H2,(H,24,25). The third-order valence-corrected chi connectivity index (χ3v) is 4.89. The Morgan fingerprint density at radius 1 is 0.667 bits per heavy atom. The van der Waals surface area contributed by atoms with Gasteiger partial charge in [-0.25, -0.2) is 0 Å². The zero-order valence-electron chi connectivity index (χ0n) is 17.2. The number of carbonyl (C=O) groups is 1. The fourth-order valence-electron chi connectivity index (χ4n) is 3.22. The van der Waals surface area contributed by atoms with Crippen molar-refractivity contribution in [3.8, 4) is 0 Å². The first-order valence-corrected chi connectivity index (χ1v) is 11.1. The molecule has 0 fully saturated rings. The largest absolute Gasteiger partial charge is 0.481 e. The Kier molecular flexibility index (Phi) is 19.8. The number of unbranched alkanes of at least 4 members (excludes halogenated alkanes) is 15. The maximum absolute atomic E-state index is 10.4. The minimum Gasteiger partial charge on any atom is -0.481 e. The molecule has 0 atom stereocenters. The summed E-state index contributed by atoms with van der Waals surface area (Å²) in [4.78, 5) is 20.4. The molecule has 0 radical (unpaired) electrons. The molecular formula is C22H41NO4. The Morgan fingerprint density at radius 2 is 1.04 bits per heavy atom. The van der Waals surface area contributed by atoms with Gasteiger partial charge in [0.05, 0.1) is 0 Å². The molecule has 0 saturated carbocycles. The second-order valence-corrected chi connectivity index (χ2v) is 7.55. The molecule has 0 aliphatic rings. The number of rotatable bonds is 21. The normalized spacial score (nSPS) is 11.3. The molecule has 0 aromatic heterocycles. The summed E-state index contributed by atoms with van der Waals surface area (Å²) in [5.41, 5.74) is 0. The van der Waals surface area contributed by atoms with Crippen LogP contribution < -0.4 is 0 Å². The molecule has 0 unspecified atom stereocenters. The fourth-order valence-corrected chi connectivity index (χ4v) is 3.22. The third-order valence-electron chi connectivity index (χ3n) is 4.89. The van der Waals surface area contributed by atoms with Gasteiger partial charge in [-0.15, -0.1) is 0 Å². The predicted molar refractivity (Wildman–Crippen MR) is 112 cm³/mol. The molecule has 1 N–H and O–H groups in total. The number of hydrogen-bond donors (Lipinski definition) is 1. The number of aliphatic carboxylic acids is 1. The zero-order valence-corrected chi connectivity index (χ0v) is 17.2. The van der Waals surface area contributed by atoms with Crippen LogP contribution in [0.1, 0.15) is 116 Å². The fraction of sp³-hybridized carbons (Fsp3) is 0.864. The number of carboxylic acids is 1. The molecule has 0 aromatic carbocycles. The predicted octanol–water partition coefficient (Wildman–Crippen LogP) is 6.93. The Morgan fingerprint density at radius 3 is 1.44 bits per heavy atom. The second-order valence-electron chi connectivity index (χ2n) is 7.55. The highest BCUT2D eigenvalue weighted by Crippen LogP contribution is 2.12. The molecule has 0 rings (SSSR count). The molecule has 0 bridgehead atoms. The zero-order chi connectivity index (χ0) is 20.0. The minimum absolute atomic E-state index is 0.122. The van der Waals surface area contributed by atoms with Crippen molar-refractivity contribution in [2.24, 2.45) is 0 Å². The molecule has 0 aliphatic carbocycles. The van der Waals surface area contributed by atoms with Crippen LogP contribution in [-0.2, 0) is 4.79 Å². The molecule has 0 spiro atoms. The van der Waals surface area contributed by atoms with E-state index in [1.165, 1.54) is 70.6 Å². The van der Waals surface area contributed by atoms with E-state index in [2.05, 4.69) is 12.2 Å². The quantitative estimate of drug-likeness (QED) is 0.101. The molecule has 158 valence electrons. The van der Waals surface area contributed by atoms with Crippen LogP contribution in [-0.4, -0.2) is 22.5 Å². The van der Waals surface area contributed by atoms with E-state index in [-0.39, 0.29) is 11.5 Å². The molecule has 27 heavy (non-hydrogen) atoms. The maximum atomic E-state index is 10.4. The second kappa shape index (κ2) is 20.9. The van der Waals surface area contributed by atoms with Crippen LogP contribution in [0.4, 0.5) is 0 Å². The first-order chi connectivity index (χ1) is 13.1. The van der Waals surface area contributed by atoms with Gasteiger partial charge in [-0.3, -0.25) is 14.9 Å². The molecule has 0 amide bonds. The number of nitro groups is 1. The van der Waals surface area contributed by atoms with Gasteiger partial charge in [0.2, 0.25) is 6.54 Å². The highest BCUT2D eigenvalue weighted by Gasteiger charge is 1.97. The third kappa shape index (κ3) is 24.6. The van der Waals surface area contributed by atoms with Crippen LogP contribution in [0.5, 0.6) is 0 Å². The summed E-state index contributed by atoms with van der Waals surface area (Å²) in [7, 11) is 0. The van der Waals surface area contributed by atoms with Crippen LogP contribution in [0.25, 0.3) is 0 Å². The number of nitrogens with zero attached hydrogens (tertiary/aromatic N) is 1. The summed E-state index contributed by atoms with van der Waals surface area (Å²) in [6, 6.07) is 0. The Hall–Kier alpha value is -1.39. The number of hydrogen-bond acceptors (Lipinski definition) is 3. The van der Waals surface area contributed by atoms with Crippen molar-refractivity contribution in [3.05, 3.63) is 22.3 Å². The van der Waals surface area contributed by atoms with E-state index >= 15 is 0 Å². The van der Waals surface area contributed by atoms with Crippen molar-refractivity contribution in [2.45, 2.75) is 116 Å². The van der Waals surface area contributed by atoms with E-state index in [1.807, 2.05) is 0 Å². The van der Waals surface area contributed by atoms with Crippen molar-refractivity contribution in [1.29, 1.82) is 0 Å². The van der Waals surface area contributed by atoms with Gasteiger partial charge in [-0.05, 0) is 38.5 Å². The van der Waals surface area contributed by atoms with Crippen molar-refractivity contribution < 1.29 is 14.8 Å². The topological polar surface area (TPSA) is 80.4 Å². The molecule has 5 nitrogen and oxygen atoms in total. The van der Waals surface area contributed by atoms with Crippen LogP contribution in [0.15, 0.2) is 12.2 Å². The molecule has 0 aliphatic heterocycles. The lowest BCUT2D eigenvalue weighted by atomic mass is 10.1. The Balaban J connectivity index is 3.10. The minimum atomic E-state index is -0.675. The lowest BCUT2D eigenvalue weighted by Crippen LogP contribution is -1.99. The molecule has 0 saturated heterocycles. The van der Waals surface area contributed by atoms with E-state index in [0.717, 1.165) is 38.5 Å². The first-order valence-electron chi connectivity index (χ1n) is 11.1. The average Bonchev–Trinajstić information content (AvgIpc) is 2.62. The van der Waals surface area contributed by atoms with Gasteiger partial charge >= 0.3 is 5.97 Å². The number of allylic oxidation sites excluding steroid dienone is 2. The summed E-state index contributed by atoms with van der Waals surface area (Å²) in [5, 5.41) is 18.7.